The van der Waals surface area contributed by atoms with Crippen LogP contribution in [0.3, 0.4) is 0 Å². The van der Waals surface area contributed by atoms with Crippen molar-refractivity contribution in [3.05, 3.63) is 36.0 Å². The van der Waals surface area contributed by atoms with Gasteiger partial charge in [-0.1, -0.05) is 58.2 Å². The molecule has 11 heteroatoms. The van der Waals surface area contributed by atoms with Crippen LogP contribution in [-0.4, -0.2) is 76.1 Å². The van der Waals surface area contributed by atoms with Gasteiger partial charge in [0.25, 0.3) is 0 Å². The molecule has 0 aliphatic carbocycles. The third-order valence-electron chi connectivity index (χ3n) is 9.64. The van der Waals surface area contributed by atoms with Crippen molar-refractivity contribution in [2.24, 2.45) is 11.7 Å². The largest absolute Gasteiger partial charge is 0.346 e. The Morgan fingerprint density at radius 3 is 2.43 bits per heavy atom. The molecule has 0 unspecified atom stereocenters. The number of aromatic nitrogens is 1. The van der Waals surface area contributed by atoms with E-state index >= 15 is 0 Å². The van der Waals surface area contributed by atoms with Crippen LogP contribution in [0.4, 0.5) is 0 Å². The third kappa shape index (κ3) is 8.54. The van der Waals surface area contributed by atoms with Crippen molar-refractivity contribution in [1.82, 2.24) is 25.4 Å². The van der Waals surface area contributed by atoms with Crippen LogP contribution in [-0.2, 0) is 36.9 Å². The first-order valence-electron chi connectivity index (χ1n) is 17.2. The van der Waals surface area contributed by atoms with Gasteiger partial charge >= 0.3 is 0 Å². The summed E-state index contributed by atoms with van der Waals surface area (Å²) in [6, 6.07) is 4.47. The molecule has 0 bridgehead atoms. The van der Waals surface area contributed by atoms with Crippen LogP contribution in [0.25, 0.3) is 10.9 Å². The zero-order chi connectivity index (χ0) is 33.2. The van der Waals surface area contributed by atoms with Crippen LogP contribution in [0, 0.1) is 5.92 Å². The van der Waals surface area contributed by atoms with Crippen LogP contribution < -0.4 is 21.7 Å². The zero-order valence-corrected chi connectivity index (χ0v) is 27.7. The topological polar surface area (TPSA) is 156 Å². The van der Waals surface area contributed by atoms with E-state index in [0.29, 0.717) is 58.2 Å². The summed E-state index contributed by atoms with van der Waals surface area (Å²) >= 11 is 0. The molecule has 46 heavy (non-hydrogen) atoms. The zero-order valence-electron chi connectivity index (χ0n) is 27.7. The number of nitrogens with one attached hydrogen (secondary N) is 3. The molecule has 2 aromatic rings. The number of carbonyl (C=O) groups excluding carboxylic acids is 5. The summed E-state index contributed by atoms with van der Waals surface area (Å²) in [5.41, 5.74) is 7.74. The monoisotopic (exact) mass is 636 g/mol. The molecular formula is C35H52N6O5. The maximum Gasteiger partial charge on any atom is 0.246 e. The first-order valence-corrected chi connectivity index (χ1v) is 17.2. The van der Waals surface area contributed by atoms with Gasteiger partial charge in [-0.05, 0) is 49.7 Å². The summed E-state index contributed by atoms with van der Waals surface area (Å²) in [6.45, 7) is 7.21. The van der Waals surface area contributed by atoms with Crippen LogP contribution >= 0.6 is 0 Å². The maximum absolute atomic E-state index is 14.1. The van der Waals surface area contributed by atoms with E-state index in [-0.39, 0.29) is 29.9 Å². The number of hydrogen-bond donors (Lipinski definition) is 4. The summed E-state index contributed by atoms with van der Waals surface area (Å²) in [5, 5.41) is 9.89. The van der Waals surface area contributed by atoms with E-state index in [4.69, 9.17) is 5.73 Å². The Labute approximate surface area is 272 Å². The van der Waals surface area contributed by atoms with Crippen LogP contribution in [0.5, 0.6) is 0 Å². The number of ketones is 1. The molecule has 4 amide bonds. The Hall–Kier alpha value is -3.73. The lowest BCUT2D eigenvalue weighted by atomic mass is 9.93. The van der Waals surface area contributed by atoms with Gasteiger partial charge in [0, 0.05) is 56.0 Å². The molecule has 1 aromatic carbocycles. The number of para-hydroxylation sites is 1. The van der Waals surface area contributed by atoms with Gasteiger partial charge in [-0.3, -0.25) is 24.0 Å². The second kappa shape index (κ2) is 16.7. The standard InChI is InChI=1S/C35H52N6O5/c1-4-23(3)31-35(46)41-19-12-11-17-30(41)34(45)37-27(15-8-6-7-13-25(42)5-2)32(43)38-28(33(44)39-31)21-24-22-40(20-18-36)29-16-10-9-14-26(24)29/h9-10,14,16,22-23,27-28,30-31H,4-8,11-13,15,17-21,36H2,1-3H3,(H,37,45)(H,38,43)(H,39,44)/t23-,27-,28-,30+,31-/m0/s1. The van der Waals surface area contributed by atoms with Crippen molar-refractivity contribution in [2.75, 3.05) is 13.1 Å². The summed E-state index contributed by atoms with van der Waals surface area (Å²) in [6.07, 6.45) is 8.33. The highest BCUT2D eigenvalue weighted by molar-refractivity contribution is 5.98. The number of nitrogens with zero attached hydrogens (tertiary/aromatic N) is 2. The number of Topliss-reactive ketones (excluding diaryl/α,β-unsaturated/α-hetero) is 1. The molecule has 2 saturated heterocycles. The molecule has 5 N–H and O–H groups in total. The van der Waals surface area contributed by atoms with Crippen molar-refractivity contribution in [2.45, 2.75) is 122 Å². The molecule has 2 fully saturated rings. The Balaban J connectivity index is 1.67. The van der Waals surface area contributed by atoms with Crippen LogP contribution in [0.1, 0.15) is 90.5 Å². The van der Waals surface area contributed by atoms with Crippen LogP contribution in [0.2, 0.25) is 0 Å². The minimum Gasteiger partial charge on any atom is -0.346 e. The van der Waals surface area contributed by atoms with Crippen molar-refractivity contribution >= 4 is 40.3 Å². The second-order valence-electron chi connectivity index (χ2n) is 12.9. The van der Waals surface area contributed by atoms with Gasteiger partial charge in [-0.25, -0.2) is 0 Å². The van der Waals surface area contributed by atoms with Gasteiger partial charge in [0.15, 0.2) is 0 Å². The summed E-state index contributed by atoms with van der Waals surface area (Å²) in [5.74, 6) is -1.44. The number of hydrogen-bond acceptors (Lipinski definition) is 6. The minimum atomic E-state index is -0.984. The molecule has 1 aromatic heterocycles. The highest BCUT2D eigenvalue weighted by atomic mass is 16.2. The summed E-state index contributed by atoms with van der Waals surface area (Å²) in [4.78, 5) is 69.2. The van der Waals surface area contributed by atoms with E-state index in [9.17, 15) is 24.0 Å². The summed E-state index contributed by atoms with van der Waals surface area (Å²) in [7, 11) is 0. The predicted octanol–water partition coefficient (Wildman–Crippen LogP) is 2.97. The molecule has 5 atom stereocenters. The molecule has 2 aliphatic heterocycles. The minimum absolute atomic E-state index is 0.180. The highest BCUT2D eigenvalue weighted by Crippen LogP contribution is 2.25. The fraction of sp³-hybridized carbons (Fsp3) is 0.629. The number of unbranched alkanes of at least 4 members (excludes halogenated alkanes) is 2. The average molecular weight is 637 g/mol. The van der Waals surface area contributed by atoms with Gasteiger partial charge in [-0.2, -0.15) is 0 Å². The van der Waals surface area contributed by atoms with Gasteiger partial charge in [0.1, 0.15) is 30.0 Å². The van der Waals surface area contributed by atoms with Gasteiger partial charge in [0.2, 0.25) is 23.6 Å². The normalized spacial score (nSPS) is 23.5. The van der Waals surface area contributed by atoms with Crippen molar-refractivity contribution in [3.8, 4) is 0 Å². The van der Waals surface area contributed by atoms with Gasteiger partial charge < -0.3 is 31.2 Å². The van der Waals surface area contributed by atoms with E-state index in [1.807, 2.05) is 55.8 Å². The Morgan fingerprint density at radius 1 is 0.957 bits per heavy atom. The number of piperidine rings is 1. The molecule has 0 spiro atoms. The smallest absolute Gasteiger partial charge is 0.246 e. The summed E-state index contributed by atoms with van der Waals surface area (Å²) < 4.78 is 2.05. The lowest BCUT2D eigenvalue weighted by Crippen LogP contribution is -2.64. The predicted molar refractivity (Wildman–Crippen MR) is 178 cm³/mol. The van der Waals surface area contributed by atoms with E-state index in [2.05, 4.69) is 16.0 Å². The second-order valence-corrected chi connectivity index (χ2v) is 12.9. The van der Waals surface area contributed by atoms with Gasteiger partial charge in [-0.15, -0.1) is 0 Å². The van der Waals surface area contributed by atoms with Crippen molar-refractivity contribution < 1.29 is 24.0 Å². The number of rotatable bonds is 13. The highest BCUT2D eigenvalue weighted by Gasteiger charge is 2.40. The molecule has 2 aliphatic rings. The number of amides is 4. The lowest BCUT2D eigenvalue weighted by molar-refractivity contribution is -0.147. The Bertz CT molecular complexity index is 1390. The maximum atomic E-state index is 14.1. The van der Waals surface area contributed by atoms with E-state index in [0.717, 1.165) is 42.1 Å². The SMILES string of the molecule is CCC(=O)CCCCC[C@@H]1NC(=O)[C@H]2CCCCN2C(=O)[C@H]([C@@H](C)CC)NC(=O)[C@H](Cc2cn(CCN)c3ccccc23)NC1=O. The number of nitrogens with two attached hydrogens (primary N) is 1. The molecule has 252 valence electrons. The number of carbonyl (C=O) groups is 5. The van der Waals surface area contributed by atoms with Crippen molar-refractivity contribution in [1.29, 1.82) is 0 Å². The quantitative estimate of drug-likeness (QED) is 0.248. The fourth-order valence-electron chi connectivity index (χ4n) is 6.66. The molecular weight excluding hydrogens is 584 g/mol. The molecule has 11 nitrogen and oxygen atoms in total. The number of fused-ring (bicyclic) bond motifs is 2. The third-order valence-corrected chi connectivity index (χ3v) is 9.64. The molecule has 4 rings (SSSR count). The average Bonchev–Trinajstić information content (AvgIpc) is 3.41. The Morgan fingerprint density at radius 2 is 1.70 bits per heavy atom. The van der Waals surface area contributed by atoms with Crippen molar-refractivity contribution in [3.63, 3.8) is 0 Å². The first kappa shape index (κ1) is 35.1. The molecule has 3 heterocycles. The fourth-order valence-corrected chi connectivity index (χ4v) is 6.66. The van der Waals surface area contributed by atoms with E-state index in [1.165, 1.54) is 0 Å². The first-order chi connectivity index (χ1) is 22.2. The molecule has 0 radical (unpaired) electrons. The van der Waals surface area contributed by atoms with E-state index < -0.39 is 36.0 Å². The molecule has 0 saturated carbocycles. The van der Waals surface area contributed by atoms with Gasteiger partial charge in [0.05, 0.1) is 0 Å². The van der Waals surface area contributed by atoms with Crippen LogP contribution in [0.15, 0.2) is 30.5 Å². The van der Waals surface area contributed by atoms with E-state index in [1.54, 1.807) is 4.90 Å². The Kier molecular flexibility index (Phi) is 12.8. The lowest BCUT2D eigenvalue weighted by Gasteiger charge is -2.39. The number of benzene rings is 1.